The van der Waals surface area contributed by atoms with Gasteiger partial charge in [0, 0.05) is 0 Å². The van der Waals surface area contributed by atoms with Gasteiger partial charge in [-0.25, -0.2) is 0 Å². The number of aliphatic hydroxyl groups is 1. The number of nitrogens with two attached hydrogens (primary N) is 1. The van der Waals surface area contributed by atoms with E-state index < -0.39 is 23.2 Å². The number of carbonyl (C=O) groups is 1. The standard InChI is InChI=1S/C15H23BNO4/c1-14(2,20)15(3,4)21-16-11-7-5-6-10(8-11)9-12(17)13(18)19/h5-8,12,20H,9,17H2,1-4H3,(H,18,19)/t12-/m0/s1. The Balaban J connectivity index is 2.72. The molecular weight excluding hydrogens is 269 g/mol. The molecule has 1 rings (SSSR count). The third kappa shape index (κ3) is 5.15. The van der Waals surface area contributed by atoms with Crippen LogP contribution in [0.1, 0.15) is 33.3 Å². The molecule has 0 heterocycles. The zero-order valence-electron chi connectivity index (χ0n) is 13.0. The Morgan fingerprint density at radius 1 is 1.38 bits per heavy atom. The number of rotatable bonds is 7. The van der Waals surface area contributed by atoms with Gasteiger partial charge in [-0.15, -0.1) is 0 Å². The summed E-state index contributed by atoms with van der Waals surface area (Å²) in [6, 6.07) is 6.38. The molecular formula is C15H23BNO4. The van der Waals surface area contributed by atoms with Crippen molar-refractivity contribution >= 4 is 18.9 Å². The molecule has 0 unspecified atom stereocenters. The van der Waals surface area contributed by atoms with Gasteiger partial charge in [-0.1, -0.05) is 29.7 Å². The molecule has 5 nitrogen and oxygen atoms in total. The molecule has 0 spiro atoms. The van der Waals surface area contributed by atoms with Crippen molar-refractivity contribution in [3.05, 3.63) is 29.8 Å². The Morgan fingerprint density at radius 3 is 2.52 bits per heavy atom. The van der Waals surface area contributed by atoms with Crippen LogP contribution < -0.4 is 11.2 Å². The fraction of sp³-hybridized carbons (Fsp3) is 0.533. The average Bonchev–Trinajstić information content (AvgIpc) is 2.35. The molecule has 0 saturated heterocycles. The molecule has 0 aliphatic carbocycles. The summed E-state index contributed by atoms with van der Waals surface area (Å²) in [6.45, 7) is 6.97. The molecule has 1 radical (unpaired) electrons. The maximum Gasteiger partial charge on any atom is 0.330 e. The smallest absolute Gasteiger partial charge is 0.330 e. The van der Waals surface area contributed by atoms with E-state index in [1.807, 2.05) is 24.3 Å². The Morgan fingerprint density at radius 2 is 2.00 bits per heavy atom. The van der Waals surface area contributed by atoms with E-state index in [9.17, 15) is 9.90 Å². The molecule has 0 aromatic heterocycles. The van der Waals surface area contributed by atoms with Gasteiger partial charge in [0.1, 0.15) is 6.04 Å². The maximum absolute atomic E-state index is 10.8. The van der Waals surface area contributed by atoms with E-state index in [0.717, 1.165) is 11.0 Å². The lowest BCUT2D eigenvalue weighted by Crippen LogP contribution is -2.49. The van der Waals surface area contributed by atoms with Crippen molar-refractivity contribution in [2.24, 2.45) is 5.73 Å². The highest BCUT2D eigenvalue weighted by molar-refractivity contribution is 6.47. The first-order valence-electron chi connectivity index (χ1n) is 6.84. The molecule has 0 aliphatic heterocycles. The highest BCUT2D eigenvalue weighted by Crippen LogP contribution is 2.24. The number of carboxylic acids is 1. The molecule has 1 aromatic rings. The summed E-state index contributed by atoms with van der Waals surface area (Å²) in [5.41, 5.74) is 5.40. The molecule has 1 aromatic carbocycles. The second-order valence-corrected chi connectivity index (χ2v) is 6.20. The van der Waals surface area contributed by atoms with E-state index >= 15 is 0 Å². The van der Waals surface area contributed by atoms with E-state index in [1.54, 1.807) is 35.2 Å². The summed E-state index contributed by atoms with van der Waals surface area (Å²) in [5, 5.41) is 18.9. The second kappa shape index (κ2) is 6.60. The number of benzene rings is 1. The van der Waals surface area contributed by atoms with Gasteiger partial charge in [0.25, 0.3) is 0 Å². The first-order chi connectivity index (χ1) is 9.53. The van der Waals surface area contributed by atoms with E-state index in [4.69, 9.17) is 15.5 Å². The Hall–Kier alpha value is -1.37. The van der Waals surface area contributed by atoms with E-state index in [0.29, 0.717) is 0 Å². The van der Waals surface area contributed by atoms with Crippen LogP contribution in [0, 0.1) is 0 Å². The highest BCUT2D eigenvalue weighted by atomic mass is 16.5. The maximum atomic E-state index is 10.8. The van der Waals surface area contributed by atoms with Gasteiger partial charge in [0.05, 0.1) is 11.2 Å². The SMILES string of the molecule is CC(C)(O)C(C)(C)O[B]c1cccc(C[C@H](N)C(=O)O)c1. The first kappa shape index (κ1) is 17.7. The lowest BCUT2D eigenvalue weighted by molar-refractivity contribution is -0.138. The number of carboxylic acid groups (broad SMARTS) is 1. The highest BCUT2D eigenvalue weighted by Gasteiger charge is 2.35. The molecule has 1 atom stereocenters. The quantitative estimate of drug-likeness (QED) is 0.635. The van der Waals surface area contributed by atoms with E-state index in [1.165, 1.54) is 0 Å². The third-order valence-corrected chi connectivity index (χ3v) is 3.69. The van der Waals surface area contributed by atoms with Gasteiger partial charge in [0.2, 0.25) is 0 Å². The van der Waals surface area contributed by atoms with Crippen LogP contribution in [0.2, 0.25) is 0 Å². The monoisotopic (exact) mass is 292 g/mol. The fourth-order valence-electron chi connectivity index (χ4n) is 1.49. The van der Waals surface area contributed by atoms with Crippen LogP contribution in [0.25, 0.3) is 0 Å². The van der Waals surface area contributed by atoms with Gasteiger partial charge in [0.15, 0.2) is 0 Å². The number of aliphatic carboxylic acids is 1. The van der Waals surface area contributed by atoms with Crippen molar-refractivity contribution in [2.45, 2.75) is 51.4 Å². The predicted octanol–water partition coefficient (Wildman–Crippen LogP) is 0.452. The second-order valence-electron chi connectivity index (χ2n) is 6.20. The Labute approximate surface area is 126 Å². The minimum absolute atomic E-state index is 0.256. The van der Waals surface area contributed by atoms with Gasteiger partial charge in [-0.05, 0) is 39.7 Å². The molecule has 4 N–H and O–H groups in total. The van der Waals surface area contributed by atoms with Crippen molar-refractivity contribution < 1.29 is 19.7 Å². The molecule has 0 aliphatic rings. The van der Waals surface area contributed by atoms with Crippen molar-refractivity contribution in [3.8, 4) is 0 Å². The molecule has 6 heteroatoms. The lowest BCUT2D eigenvalue weighted by atomic mass is 9.82. The molecule has 115 valence electrons. The van der Waals surface area contributed by atoms with Crippen molar-refractivity contribution in [1.82, 2.24) is 0 Å². The minimum Gasteiger partial charge on any atom is -0.480 e. The molecule has 0 amide bonds. The van der Waals surface area contributed by atoms with Crippen LogP contribution in [0.5, 0.6) is 0 Å². The van der Waals surface area contributed by atoms with Crippen LogP contribution in [-0.2, 0) is 15.9 Å². The summed E-state index contributed by atoms with van der Waals surface area (Å²) in [4.78, 5) is 10.8. The first-order valence-corrected chi connectivity index (χ1v) is 6.84. The van der Waals surface area contributed by atoms with Gasteiger partial charge >= 0.3 is 13.5 Å². The fourth-order valence-corrected chi connectivity index (χ4v) is 1.49. The summed E-state index contributed by atoms with van der Waals surface area (Å²) in [7, 11) is 1.56. The van der Waals surface area contributed by atoms with Gasteiger partial charge in [-0.2, -0.15) is 0 Å². The summed E-state index contributed by atoms with van der Waals surface area (Å²) in [5.74, 6) is -1.02. The van der Waals surface area contributed by atoms with Crippen LogP contribution in [-0.4, -0.2) is 40.9 Å². The number of hydrogen-bond acceptors (Lipinski definition) is 4. The molecule has 0 fully saturated rings. The third-order valence-electron chi connectivity index (χ3n) is 3.69. The predicted molar refractivity (Wildman–Crippen MR) is 82.6 cm³/mol. The van der Waals surface area contributed by atoms with Crippen LogP contribution >= 0.6 is 0 Å². The van der Waals surface area contributed by atoms with Crippen LogP contribution in [0.3, 0.4) is 0 Å². The average molecular weight is 292 g/mol. The molecule has 21 heavy (non-hydrogen) atoms. The summed E-state index contributed by atoms with van der Waals surface area (Å²) < 4.78 is 5.66. The number of hydrogen-bond donors (Lipinski definition) is 3. The van der Waals surface area contributed by atoms with Crippen LogP contribution in [0.4, 0.5) is 0 Å². The topological polar surface area (TPSA) is 92.8 Å². The van der Waals surface area contributed by atoms with E-state index in [-0.39, 0.29) is 6.42 Å². The Bertz CT molecular complexity index is 497. The Kier molecular flexibility index (Phi) is 5.56. The van der Waals surface area contributed by atoms with Crippen molar-refractivity contribution in [2.75, 3.05) is 0 Å². The van der Waals surface area contributed by atoms with Gasteiger partial charge in [-0.3, -0.25) is 4.79 Å². The largest absolute Gasteiger partial charge is 0.480 e. The molecule has 0 bridgehead atoms. The van der Waals surface area contributed by atoms with Crippen molar-refractivity contribution in [3.63, 3.8) is 0 Å². The van der Waals surface area contributed by atoms with Crippen LogP contribution in [0.15, 0.2) is 24.3 Å². The van der Waals surface area contributed by atoms with E-state index in [2.05, 4.69) is 0 Å². The lowest BCUT2D eigenvalue weighted by Gasteiger charge is -2.37. The zero-order valence-corrected chi connectivity index (χ0v) is 13.0. The zero-order chi connectivity index (χ0) is 16.3. The van der Waals surface area contributed by atoms with Gasteiger partial charge < -0.3 is 20.6 Å². The molecule has 0 saturated carbocycles. The van der Waals surface area contributed by atoms with Crippen molar-refractivity contribution in [1.29, 1.82) is 0 Å². The summed E-state index contributed by atoms with van der Waals surface area (Å²) >= 11 is 0. The normalized spacial score (nSPS) is 13.8. The minimum atomic E-state index is -1.02. The summed E-state index contributed by atoms with van der Waals surface area (Å²) in [6.07, 6.45) is 0.256.